The summed E-state index contributed by atoms with van der Waals surface area (Å²) in [5, 5.41) is 5.92. The number of carbonyl (C=O) groups excluding carboxylic acids is 2. The topological polar surface area (TPSA) is 79.9 Å². The fourth-order valence-electron chi connectivity index (χ4n) is 3.72. The van der Waals surface area contributed by atoms with E-state index < -0.39 is 6.10 Å². The third-order valence-electron chi connectivity index (χ3n) is 5.44. The zero-order valence-electron chi connectivity index (χ0n) is 17.1. The van der Waals surface area contributed by atoms with Crippen LogP contribution in [0, 0.1) is 6.92 Å². The smallest absolute Gasteiger partial charge is 0.266 e. The molecule has 0 aliphatic carbocycles. The molecule has 2 aromatic rings. The van der Waals surface area contributed by atoms with Crippen LogP contribution in [0.5, 0.6) is 5.75 Å². The van der Waals surface area contributed by atoms with Crippen molar-refractivity contribution in [2.75, 3.05) is 38.2 Å². The normalized spacial score (nSPS) is 19.9. The highest BCUT2D eigenvalue weighted by atomic mass is 16.5. The first kappa shape index (κ1) is 20.4. The number of para-hydroxylation sites is 2. The fraction of sp³-hybridized carbons (Fsp3) is 0.391. The van der Waals surface area contributed by atoms with E-state index in [1.165, 1.54) is 5.56 Å². The molecule has 2 atom stereocenters. The van der Waals surface area contributed by atoms with Crippen LogP contribution in [-0.4, -0.2) is 55.7 Å². The largest absolute Gasteiger partial charge is 0.478 e. The summed E-state index contributed by atoms with van der Waals surface area (Å²) in [6, 6.07) is 15.2. The van der Waals surface area contributed by atoms with E-state index in [2.05, 4.69) is 15.5 Å². The summed E-state index contributed by atoms with van der Waals surface area (Å²) in [4.78, 5) is 27.5. The summed E-state index contributed by atoms with van der Waals surface area (Å²) in [5.74, 6) is 0.0654. The number of hydrogen-bond donors (Lipinski definition) is 2. The third kappa shape index (κ3) is 4.98. The Kier molecular flexibility index (Phi) is 6.30. The number of aryl methyl sites for hydroxylation is 1. The van der Waals surface area contributed by atoms with Gasteiger partial charge in [0, 0.05) is 19.6 Å². The molecule has 0 unspecified atom stereocenters. The molecule has 30 heavy (non-hydrogen) atoms. The maximum Gasteiger partial charge on any atom is 0.266 e. The average Bonchev–Trinajstić information content (AvgIpc) is 2.75. The van der Waals surface area contributed by atoms with Crippen molar-refractivity contribution in [3.05, 3.63) is 59.7 Å². The zero-order chi connectivity index (χ0) is 20.9. The van der Waals surface area contributed by atoms with Gasteiger partial charge in [0.25, 0.3) is 5.91 Å². The van der Waals surface area contributed by atoms with E-state index in [4.69, 9.17) is 9.47 Å². The van der Waals surface area contributed by atoms with Crippen LogP contribution in [0.2, 0.25) is 0 Å². The summed E-state index contributed by atoms with van der Waals surface area (Å²) in [7, 11) is 0. The number of nitrogens with zero attached hydrogens (tertiary/aromatic N) is 1. The SMILES string of the molecule is Cc1ccc([C@H](CN2CCOCC2)NC(=O)C[C@@H]2Oc3ccccc3NC2=O)cc1. The predicted octanol–water partition coefficient (Wildman–Crippen LogP) is 2.27. The van der Waals surface area contributed by atoms with Gasteiger partial charge in [-0.1, -0.05) is 42.0 Å². The molecular formula is C23H27N3O4. The van der Waals surface area contributed by atoms with Crippen molar-refractivity contribution in [3.63, 3.8) is 0 Å². The Balaban J connectivity index is 1.43. The Hall–Kier alpha value is -2.90. The van der Waals surface area contributed by atoms with Gasteiger partial charge in [0.2, 0.25) is 5.91 Å². The van der Waals surface area contributed by atoms with Gasteiger partial charge in [-0.15, -0.1) is 0 Å². The Morgan fingerprint density at radius 1 is 1.17 bits per heavy atom. The van der Waals surface area contributed by atoms with E-state index in [1.54, 1.807) is 12.1 Å². The molecule has 2 N–H and O–H groups in total. The molecular weight excluding hydrogens is 382 g/mol. The highest BCUT2D eigenvalue weighted by molar-refractivity contribution is 5.99. The van der Waals surface area contributed by atoms with E-state index in [1.807, 2.05) is 43.3 Å². The van der Waals surface area contributed by atoms with Crippen molar-refractivity contribution in [1.82, 2.24) is 10.2 Å². The minimum Gasteiger partial charge on any atom is -0.478 e. The number of carbonyl (C=O) groups is 2. The first-order valence-electron chi connectivity index (χ1n) is 10.3. The van der Waals surface area contributed by atoms with Crippen molar-refractivity contribution in [2.45, 2.75) is 25.5 Å². The van der Waals surface area contributed by atoms with Crippen LogP contribution >= 0.6 is 0 Å². The molecule has 2 aliphatic heterocycles. The first-order valence-corrected chi connectivity index (χ1v) is 10.3. The summed E-state index contributed by atoms with van der Waals surface area (Å²) in [6.45, 7) is 5.80. The molecule has 2 amide bonds. The molecule has 0 saturated carbocycles. The van der Waals surface area contributed by atoms with Gasteiger partial charge in [0.05, 0.1) is 31.4 Å². The summed E-state index contributed by atoms with van der Waals surface area (Å²) < 4.78 is 11.2. The summed E-state index contributed by atoms with van der Waals surface area (Å²) >= 11 is 0. The Bertz CT molecular complexity index is 894. The van der Waals surface area contributed by atoms with Crippen molar-refractivity contribution in [2.24, 2.45) is 0 Å². The summed E-state index contributed by atoms with van der Waals surface area (Å²) in [5.41, 5.74) is 2.84. The lowest BCUT2D eigenvalue weighted by atomic mass is 10.0. The second-order valence-electron chi connectivity index (χ2n) is 7.74. The van der Waals surface area contributed by atoms with Crippen LogP contribution in [0.25, 0.3) is 0 Å². The average molecular weight is 409 g/mol. The van der Waals surface area contributed by atoms with Crippen LogP contribution in [0.1, 0.15) is 23.6 Å². The van der Waals surface area contributed by atoms with Gasteiger partial charge in [-0.3, -0.25) is 14.5 Å². The number of morpholine rings is 1. The van der Waals surface area contributed by atoms with Crippen molar-refractivity contribution in [1.29, 1.82) is 0 Å². The molecule has 4 rings (SSSR count). The molecule has 158 valence electrons. The van der Waals surface area contributed by atoms with E-state index in [0.29, 0.717) is 31.2 Å². The Morgan fingerprint density at radius 3 is 2.67 bits per heavy atom. The van der Waals surface area contributed by atoms with Crippen LogP contribution < -0.4 is 15.4 Å². The van der Waals surface area contributed by atoms with Gasteiger partial charge in [-0.05, 0) is 24.6 Å². The van der Waals surface area contributed by atoms with E-state index in [0.717, 1.165) is 18.7 Å². The van der Waals surface area contributed by atoms with Gasteiger partial charge in [-0.2, -0.15) is 0 Å². The number of amides is 2. The maximum absolute atomic E-state index is 12.8. The zero-order valence-corrected chi connectivity index (χ0v) is 17.1. The van der Waals surface area contributed by atoms with Crippen molar-refractivity contribution in [3.8, 4) is 5.75 Å². The molecule has 7 heteroatoms. The predicted molar refractivity (Wildman–Crippen MR) is 113 cm³/mol. The van der Waals surface area contributed by atoms with Crippen LogP contribution in [0.3, 0.4) is 0 Å². The second-order valence-corrected chi connectivity index (χ2v) is 7.74. The Morgan fingerprint density at radius 2 is 1.90 bits per heavy atom. The highest BCUT2D eigenvalue weighted by Crippen LogP contribution is 2.29. The van der Waals surface area contributed by atoms with Crippen LogP contribution in [0.15, 0.2) is 48.5 Å². The molecule has 2 aromatic carbocycles. The third-order valence-corrected chi connectivity index (χ3v) is 5.44. The monoisotopic (exact) mass is 409 g/mol. The minimum atomic E-state index is -0.845. The standard InChI is InChI=1S/C23H27N3O4/c1-16-6-8-17(9-7-16)19(15-26-10-12-29-13-11-26)24-22(27)14-21-23(28)25-18-4-2-3-5-20(18)30-21/h2-9,19,21H,10-15H2,1H3,(H,24,27)(H,25,28)/t19-,21-/m0/s1. The number of rotatable bonds is 6. The lowest BCUT2D eigenvalue weighted by molar-refractivity contribution is -0.131. The molecule has 0 radical (unpaired) electrons. The number of nitrogens with one attached hydrogen (secondary N) is 2. The number of hydrogen-bond acceptors (Lipinski definition) is 5. The Labute approximate surface area is 176 Å². The highest BCUT2D eigenvalue weighted by Gasteiger charge is 2.30. The lowest BCUT2D eigenvalue weighted by Crippen LogP contribution is -2.45. The van der Waals surface area contributed by atoms with E-state index >= 15 is 0 Å². The molecule has 1 saturated heterocycles. The fourth-order valence-corrected chi connectivity index (χ4v) is 3.72. The number of benzene rings is 2. The molecule has 7 nitrogen and oxygen atoms in total. The van der Waals surface area contributed by atoms with Crippen molar-refractivity contribution < 1.29 is 19.1 Å². The van der Waals surface area contributed by atoms with E-state index in [9.17, 15) is 9.59 Å². The van der Waals surface area contributed by atoms with Crippen LogP contribution in [-0.2, 0) is 14.3 Å². The molecule has 2 heterocycles. The minimum absolute atomic E-state index is 0.0361. The number of ether oxygens (including phenoxy) is 2. The lowest BCUT2D eigenvalue weighted by Gasteiger charge is -2.31. The maximum atomic E-state index is 12.8. The van der Waals surface area contributed by atoms with Gasteiger partial charge in [0.15, 0.2) is 6.10 Å². The first-order chi connectivity index (χ1) is 14.6. The quantitative estimate of drug-likeness (QED) is 0.765. The van der Waals surface area contributed by atoms with Crippen LogP contribution in [0.4, 0.5) is 5.69 Å². The molecule has 0 bridgehead atoms. The van der Waals surface area contributed by atoms with Gasteiger partial charge >= 0.3 is 0 Å². The van der Waals surface area contributed by atoms with Gasteiger partial charge in [-0.25, -0.2) is 0 Å². The number of anilines is 1. The van der Waals surface area contributed by atoms with E-state index in [-0.39, 0.29) is 24.3 Å². The molecule has 0 aromatic heterocycles. The molecule has 2 aliphatic rings. The molecule has 1 fully saturated rings. The van der Waals surface area contributed by atoms with Crippen molar-refractivity contribution >= 4 is 17.5 Å². The number of fused-ring (bicyclic) bond motifs is 1. The van der Waals surface area contributed by atoms with Gasteiger partial charge < -0.3 is 20.1 Å². The second kappa shape index (κ2) is 9.28. The van der Waals surface area contributed by atoms with Gasteiger partial charge in [0.1, 0.15) is 5.75 Å². The summed E-state index contributed by atoms with van der Waals surface area (Å²) in [6.07, 6.45) is -0.881. The molecule has 0 spiro atoms.